The van der Waals surface area contributed by atoms with Crippen molar-refractivity contribution in [2.24, 2.45) is 0 Å². The molecule has 1 aromatic carbocycles. The minimum atomic E-state index is -0.346. The Bertz CT molecular complexity index is 385. The molecule has 3 heteroatoms. The molecule has 0 radical (unpaired) electrons. The van der Waals surface area contributed by atoms with E-state index < -0.39 is 0 Å². The molecule has 0 aromatic heterocycles. The van der Waals surface area contributed by atoms with E-state index in [1.165, 1.54) is 13.0 Å². The summed E-state index contributed by atoms with van der Waals surface area (Å²) in [7, 11) is 0. The van der Waals surface area contributed by atoms with Crippen molar-refractivity contribution in [3.8, 4) is 5.75 Å². The number of ketones is 1. The highest BCUT2D eigenvalue weighted by Crippen LogP contribution is 2.31. The van der Waals surface area contributed by atoms with E-state index in [-0.39, 0.29) is 18.0 Å². The normalized spacial score (nSPS) is 13.6. The van der Waals surface area contributed by atoms with Crippen LogP contribution in [0.1, 0.15) is 18.1 Å². The lowest BCUT2D eigenvalue weighted by atomic mass is 10.0. The minimum absolute atomic E-state index is 0.0483. The van der Waals surface area contributed by atoms with Gasteiger partial charge in [0.05, 0.1) is 6.61 Å². The Labute approximate surface area is 81.7 Å². The fourth-order valence-electron chi connectivity index (χ4n) is 1.71. The Morgan fingerprint density at radius 3 is 3.07 bits per heavy atom. The van der Waals surface area contributed by atoms with Crippen LogP contribution in [-0.4, -0.2) is 12.4 Å². The highest BCUT2D eigenvalue weighted by molar-refractivity contribution is 5.79. The summed E-state index contributed by atoms with van der Waals surface area (Å²) in [5, 5.41) is 0. The Balaban J connectivity index is 2.46. The lowest BCUT2D eigenvalue weighted by Gasteiger charge is -2.07. The number of hydrogen-bond donors (Lipinski definition) is 0. The van der Waals surface area contributed by atoms with Gasteiger partial charge in [-0.3, -0.25) is 4.79 Å². The molecule has 0 aliphatic carbocycles. The monoisotopic (exact) mass is 194 g/mol. The van der Waals surface area contributed by atoms with Crippen molar-refractivity contribution in [2.75, 3.05) is 6.61 Å². The fraction of sp³-hybridized carbons (Fsp3) is 0.364. The number of Topliss-reactive ketones (excluding diaryl/α,β-unsaturated/α-hetero) is 1. The highest BCUT2D eigenvalue weighted by Gasteiger charge is 2.20. The molecule has 1 aliphatic heterocycles. The van der Waals surface area contributed by atoms with Crippen LogP contribution in [0.25, 0.3) is 0 Å². The van der Waals surface area contributed by atoms with Crippen LogP contribution in [0, 0.1) is 5.82 Å². The molecule has 0 saturated heterocycles. The molecule has 74 valence electrons. The van der Waals surface area contributed by atoms with Crippen molar-refractivity contribution in [3.63, 3.8) is 0 Å². The van der Waals surface area contributed by atoms with Gasteiger partial charge in [0.1, 0.15) is 17.3 Å². The summed E-state index contributed by atoms with van der Waals surface area (Å²) < 4.78 is 18.7. The van der Waals surface area contributed by atoms with E-state index >= 15 is 0 Å². The van der Waals surface area contributed by atoms with Crippen LogP contribution < -0.4 is 4.74 Å². The summed E-state index contributed by atoms with van der Waals surface area (Å²) in [5.74, 6) is 0.189. The first kappa shape index (κ1) is 9.19. The average molecular weight is 194 g/mol. The molecule has 0 unspecified atom stereocenters. The van der Waals surface area contributed by atoms with Gasteiger partial charge >= 0.3 is 0 Å². The second kappa shape index (κ2) is 3.40. The topological polar surface area (TPSA) is 26.3 Å². The zero-order chi connectivity index (χ0) is 10.1. The van der Waals surface area contributed by atoms with Gasteiger partial charge in [-0.2, -0.15) is 0 Å². The van der Waals surface area contributed by atoms with Gasteiger partial charge in [0.15, 0.2) is 0 Å². The predicted molar refractivity (Wildman–Crippen MR) is 50.0 cm³/mol. The maximum Gasteiger partial charge on any atom is 0.134 e. The summed E-state index contributed by atoms with van der Waals surface area (Å²) in [6.45, 7) is 2.04. The second-order valence-electron chi connectivity index (χ2n) is 3.49. The third-order valence-corrected chi connectivity index (χ3v) is 2.33. The molecule has 14 heavy (non-hydrogen) atoms. The lowest BCUT2D eigenvalue weighted by Crippen LogP contribution is -2.02. The number of rotatable bonds is 2. The molecule has 1 aromatic rings. The van der Waals surface area contributed by atoms with Gasteiger partial charge in [0, 0.05) is 18.4 Å². The number of fused-ring (bicyclic) bond motifs is 1. The van der Waals surface area contributed by atoms with Crippen LogP contribution in [0.2, 0.25) is 0 Å². The van der Waals surface area contributed by atoms with Crippen molar-refractivity contribution in [1.29, 1.82) is 0 Å². The molecule has 0 atom stereocenters. The molecular weight excluding hydrogens is 183 g/mol. The van der Waals surface area contributed by atoms with Gasteiger partial charge in [0.25, 0.3) is 0 Å². The molecule has 1 aliphatic rings. The summed E-state index contributed by atoms with van der Waals surface area (Å²) in [5.41, 5.74) is 1.41. The molecule has 2 rings (SSSR count). The quantitative estimate of drug-likeness (QED) is 0.718. The zero-order valence-corrected chi connectivity index (χ0v) is 7.97. The lowest BCUT2D eigenvalue weighted by molar-refractivity contribution is -0.116. The van der Waals surface area contributed by atoms with Gasteiger partial charge in [-0.25, -0.2) is 4.39 Å². The number of ether oxygens (including phenoxy) is 1. The summed E-state index contributed by atoms with van der Waals surface area (Å²) >= 11 is 0. The number of carbonyl (C=O) groups excluding carboxylic acids is 1. The molecule has 0 spiro atoms. The summed E-state index contributed by atoms with van der Waals surface area (Å²) in [4.78, 5) is 10.9. The van der Waals surface area contributed by atoms with Crippen molar-refractivity contribution < 1.29 is 13.9 Å². The average Bonchev–Trinajstić information content (AvgIpc) is 2.57. The molecule has 0 saturated carbocycles. The molecule has 2 nitrogen and oxygen atoms in total. The number of carbonyl (C=O) groups is 1. The van der Waals surface area contributed by atoms with Gasteiger partial charge in [0.2, 0.25) is 0 Å². The van der Waals surface area contributed by atoms with Gasteiger partial charge in [-0.15, -0.1) is 0 Å². The Hall–Kier alpha value is -1.38. The molecule has 0 fully saturated rings. The van der Waals surface area contributed by atoms with E-state index in [0.29, 0.717) is 17.9 Å². The van der Waals surface area contributed by atoms with Crippen LogP contribution in [0.15, 0.2) is 12.1 Å². The summed E-state index contributed by atoms with van der Waals surface area (Å²) in [6, 6.07) is 3.13. The largest absolute Gasteiger partial charge is 0.493 e. The van der Waals surface area contributed by atoms with Crippen LogP contribution in [-0.2, 0) is 17.6 Å². The van der Waals surface area contributed by atoms with Crippen molar-refractivity contribution in [3.05, 3.63) is 29.1 Å². The van der Waals surface area contributed by atoms with E-state index in [2.05, 4.69) is 0 Å². The van der Waals surface area contributed by atoms with Crippen molar-refractivity contribution in [1.82, 2.24) is 0 Å². The SMILES string of the molecule is CC(=O)Cc1c(F)ccc2c1OCC2. The standard InChI is InChI=1S/C11H11FO2/c1-7(13)6-9-10(12)3-2-8-4-5-14-11(8)9/h2-3H,4-6H2,1H3. The third kappa shape index (κ3) is 1.50. The third-order valence-electron chi connectivity index (χ3n) is 2.33. The number of halogens is 1. The van der Waals surface area contributed by atoms with Crippen LogP contribution in [0.3, 0.4) is 0 Å². The first-order chi connectivity index (χ1) is 6.68. The van der Waals surface area contributed by atoms with Crippen LogP contribution in [0.4, 0.5) is 4.39 Å². The predicted octanol–water partition coefficient (Wildman–Crippen LogP) is 1.89. The molecule has 0 N–H and O–H groups in total. The maximum absolute atomic E-state index is 13.4. The van der Waals surface area contributed by atoms with E-state index in [1.54, 1.807) is 6.07 Å². The Morgan fingerprint density at radius 2 is 2.36 bits per heavy atom. The molecule has 0 bridgehead atoms. The Kier molecular flexibility index (Phi) is 2.23. The number of hydrogen-bond acceptors (Lipinski definition) is 2. The van der Waals surface area contributed by atoms with Crippen molar-refractivity contribution >= 4 is 5.78 Å². The number of benzene rings is 1. The highest BCUT2D eigenvalue weighted by atomic mass is 19.1. The zero-order valence-electron chi connectivity index (χ0n) is 7.97. The minimum Gasteiger partial charge on any atom is -0.493 e. The van der Waals surface area contributed by atoms with Crippen LogP contribution in [0.5, 0.6) is 5.75 Å². The molecular formula is C11H11FO2. The van der Waals surface area contributed by atoms with Crippen LogP contribution >= 0.6 is 0 Å². The van der Waals surface area contributed by atoms with E-state index in [0.717, 1.165) is 12.0 Å². The molecule has 0 amide bonds. The molecule has 1 heterocycles. The van der Waals surface area contributed by atoms with E-state index in [9.17, 15) is 9.18 Å². The first-order valence-corrected chi connectivity index (χ1v) is 4.61. The van der Waals surface area contributed by atoms with Crippen molar-refractivity contribution in [2.45, 2.75) is 19.8 Å². The van der Waals surface area contributed by atoms with Gasteiger partial charge in [-0.05, 0) is 18.6 Å². The first-order valence-electron chi connectivity index (χ1n) is 4.61. The van der Waals surface area contributed by atoms with E-state index in [4.69, 9.17) is 4.74 Å². The van der Waals surface area contributed by atoms with Gasteiger partial charge < -0.3 is 4.74 Å². The summed E-state index contributed by atoms with van der Waals surface area (Å²) in [6.07, 6.45) is 0.926. The Morgan fingerprint density at radius 1 is 1.57 bits per heavy atom. The second-order valence-corrected chi connectivity index (χ2v) is 3.49. The smallest absolute Gasteiger partial charge is 0.134 e. The van der Waals surface area contributed by atoms with Gasteiger partial charge in [-0.1, -0.05) is 6.07 Å². The fourth-order valence-corrected chi connectivity index (χ4v) is 1.71. The van der Waals surface area contributed by atoms with E-state index in [1.807, 2.05) is 0 Å². The maximum atomic E-state index is 13.4.